The van der Waals surface area contributed by atoms with Crippen molar-refractivity contribution >= 4 is 23.4 Å². The predicted octanol–water partition coefficient (Wildman–Crippen LogP) is 5.62. The van der Waals surface area contributed by atoms with E-state index >= 15 is 0 Å². The van der Waals surface area contributed by atoms with E-state index in [-0.39, 0.29) is 0 Å². The molecule has 0 spiro atoms. The van der Waals surface area contributed by atoms with E-state index in [1.54, 1.807) is 30.3 Å². The number of halogens is 1. The molecule has 0 radical (unpaired) electrons. The number of para-hydroxylation sites is 2. The standard InChI is InChI=1S/C19H14ClNO2/c20-16-11-5-6-12-17(16)21-19(22)23-18-13-7-4-10-15(18)14-8-2-1-3-9-14/h1-13H,(H,21,22). The minimum absolute atomic E-state index is 0.459. The van der Waals surface area contributed by atoms with Crippen molar-refractivity contribution in [2.45, 2.75) is 0 Å². The summed E-state index contributed by atoms with van der Waals surface area (Å²) in [7, 11) is 0. The smallest absolute Gasteiger partial charge is 0.409 e. The van der Waals surface area contributed by atoms with Crippen molar-refractivity contribution in [1.29, 1.82) is 0 Å². The van der Waals surface area contributed by atoms with E-state index in [1.807, 2.05) is 48.5 Å². The second kappa shape index (κ2) is 6.99. The lowest BCUT2D eigenvalue weighted by molar-refractivity contribution is 0.215. The summed E-state index contributed by atoms with van der Waals surface area (Å²) in [4.78, 5) is 12.1. The molecule has 4 heteroatoms. The highest BCUT2D eigenvalue weighted by Gasteiger charge is 2.11. The highest BCUT2D eigenvalue weighted by molar-refractivity contribution is 6.33. The van der Waals surface area contributed by atoms with Crippen molar-refractivity contribution in [3.05, 3.63) is 83.9 Å². The zero-order chi connectivity index (χ0) is 16.1. The summed E-state index contributed by atoms with van der Waals surface area (Å²) in [5.41, 5.74) is 2.34. The van der Waals surface area contributed by atoms with Gasteiger partial charge in [0.05, 0.1) is 10.7 Å². The molecule has 0 aromatic heterocycles. The number of nitrogens with one attached hydrogen (secondary N) is 1. The van der Waals surface area contributed by atoms with Gasteiger partial charge in [0.1, 0.15) is 5.75 Å². The molecular formula is C19H14ClNO2. The van der Waals surface area contributed by atoms with Crippen LogP contribution in [0.4, 0.5) is 10.5 Å². The van der Waals surface area contributed by atoms with Gasteiger partial charge in [-0.3, -0.25) is 5.32 Å². The van der Waals surface area contributed by atoms with Crippen molar-refractivity contribution in [3.63, 3.8) is 0 Å². The summed E-state index contributed by atoms with van der Waals surface area (Å²) in [5.74, 6) is 0.489. The van der Waals surface area contributed by atoms with E-state index in [4.69, 9.17) is 16.3 Å². The normalized spacial score (nSPS) is 10.1. The number of carbonyl (C=O) groups is 1. The Labute approximate surface area is 139 Å². The van der Waals surface area contributed by atoms with Gasteiger partial charge in [-0.1, -0.05) is 72.3 Å². The molecule has 0 heterocycles. The number of benzene rings is 3. The van der Waals surface area contributed by atoms with Gasteiger partial charge >= 0.3 is 6.09 Å². The van der Waals surface area contributed by atoms with Crippen molar-refractivity contribution in [2.24, 2.45) is 0 Å². The minimum Gasteiger partial charge on any atom is -0.409 e. The van der Waals surface area contributed by atoms with Crippen LogP contribution in [0.5, 0.6) is 5.75 Å². The van der Waals surface area contributed by atoms with Crippen LogP contribution in [0.3, 0.4) is 0 Å². The van der Waals surface area contributed by atoms with Crippen LogP contribution in [0.2, 0.25) is 5.02 Å². The molecule has 3 rings (SSSR count). The van der Waals surface area contributed by atoms with Gasteiger partial charge in [0.15, 0.2) is 0 Å². The molecule has 3 aromatic rings. The fourth-order valence-corrected chi connectivity index (χ4v) is 2.39. The Morgan fingerprint density at radius 3 is 2.26 bits per heavy atom. The first-order valence-corrected chi connectivity index (χ1v) is 7.49. The molecule has 0 aliphatic carbocycles. The maximum absolute atomic E-state index is 12.1. The third-order valence-electron chi connectivity index (χ3n) is 3.29. The van der Waals surface area contributed by atoms with E-state index in [9.17, 15) is 4.79 Å². The monoisotopic (exact) mass is 323 g/mol. The SMILES string of the molecule is O=C(Nc1ccccc1Cl)Oc1ccccc1-c1ccccc1. The van der Waals surface area contributed by atoms with E-state index in [0.29, 0.717) is 16.5 Å². The highest BCUT2D eigenvalue weighted by atomic mass is 35.5. The Kier molecular flexibility index (Phi) is 4.60. The van der Waals surface area contributed by atoms with Crippen molar-refractivity contribution in [3.8, 4) is 16.9 Å². The Morgan fingerprint density at radius 1 is 0.826 bits per heavy atom. The number of anilines is 1. The van der Waals surface area contributed by atoms with Crippen LogP contribution < -0.4 is 10.1 Å². The van der Waals surface area contributed by atoms with Crippen LogP contribution in [-0.2, 0) is 0 Å². The third-order valence-corrected chi connectivity index (χ3v) is 3.61. The molecule has 0 fully saturated rings. The second-order valence-electron chi connectivity index (χ2n) is 4.86. The van der Waals surface area contributed by atoms with Crippen LogP contribution in [-0.4, -0.2) is 6.09 Å². The van der Waals surface area contributed by atoms with Crippen molar-refractivity contribution in [1.82, 2.24) is 0 Å². The van der Waals surface area contributed by atoms with Crippen molar-refractivity contribution in [2.75, 3.05) is 5.32 Å². The second-order valence-corrected chi connectivity index (χ2v) is 5.26. The summed E-state index contributed by atoms with van der Waals surface area (Å²) >= 11 is 6.03. The largest absolute Gasteiger partial charge is 0.417 e. The van der Waals surface area contributed by atoms with E-state index in [1.165, 1.54) is 0 Å². The van der Waals surface area contributed by atoms with Crippen LogP contribution in [0.25, 0.3) is 11.1 Å². The Bertz CT molecular complexity index is 818. The molecule has 1 N–H and O–H groups in total. The predicted molar refractivity (Wildman–Crippen MR) is 93.0 cm³/mol. The lowest BCUT2D eigenvalue weighted by Gasteiger charge is -2.11. The van der Waals surface area contributed by atoms with Gasteiger partial charge in [0, 0.05) is 5.56 Å². The number of hydrogen-bond donors (Lipinski definition) is 1. The molecule has 0 aliphatic heterocycles. The number of rotatable bonds is 3. The fourth-order valence-electron chi connectivity index (χ4n) is 2.21. The molecular weight excluding hydrogens is 310 g/mol. The Morgan fingerprint density at radius 2 is 1.48 bits per heavy atom. The maximum Gasteiger partial charge on any atom is 0.417 e. The summed E-state index contributed by atoms with van der Waals surface area (Å²) in [6, 6.07) is 24.2. The molecule has 0 atom stereocenters. The molecule has 3 aromatic carbocycles. The summed E-state index contributed by atoms with van der Waals surface area (Å²) in [6.07, 6.45) is -0.582. The third kappa shape index (κ3) is 3.71. The average molecular weight is 324 g/mol. The van der Waals surface area contributed by atoms with Gasteiger partial charge in [0.2, 0.25) is 0 Å². The highest BCUT2D eigenvalue weighted by Crippen LogP contribution is 2.30. The van der Waals surface area contributed by atoms with E-state index in [0.717, 1.165) is 11.1 Å². The fraction of sp³-hybridized carbons (Fsp3) is 0. The van der Waals surface area contributed by atoms with Gasteiger partial charge in [-0.25, -0.2) is 4.79 Å². The first-order chi connectivity index (χ1) is 11.2. The number of carbonyl (C=O) groups excluding carboxylic acids is 1. The summed E-state index contributed by atoms with van der Waals surface area (Å²) in [5, 5.41) is 3.10. The molecule has 114 valence electrons. The first kappa shape index (κ1) is 15.1. The number of ether oxygens (including phenoxy) is 1. The molecule has 0 saturated carbocycles. The molecule has 3 nitrogen and oxygen atoms in total. The Balaban J connectivity index is 1.81. The van der Waals surface area contributed by atoms with Gasteiger partial charge in [-0.05, 0) is 23.8 Å². The van der Waals surface area contributed by atoms with Crippen LogP contribution in [0.15, 0.2) is 78.9 Å². The summed E-state index contributed by atoms with van der Waals surface area (Å²) in [6.45, 7) is 0. The van der Waals surface area contributed by atoms with Gasteiger partial charge in [0.25, 0.3) is 0 Å². The molecule has 0 unspecified atom stereocenters. The molecule has 0 saturated heterocycles. The van der Waals surface area contributed by atoms with Crippen molar-refractivity contribution < 1.29 is 9.53 Å². The first-order valence-electron chi connectivity index (χ1n) is 7.12. The minimum atomic E-state index is -0.582. The molecule has 1 amide bonds. The average Bonchev–Trinajstić information content (AvgIpc) is 2.58. The van der Waals surface area contributed by atoms with E-state index < -0.39 is 6.09 Å². The Hall–Kier alpha value is -2.78. The van der Waals surface area contributed by atoms with Gasteiger partial charge in [-0.15, -0.1) is 0 Å². The lowest BCUT2D eigenvalue weighted by Crippen LogP contribution is -2.17. The van der Waals surface area contributed by atoms with E-state index in [2.05, 4.69) is 5.32 Å². The zero-order valence-electron chi connectivity index (χ0n) is 12.2. The molecule has 0 bridgehead atoms. The molecule has 0 aliphatic rings. The van der Waals surface area contributed by atoms with Crippen LogP contribution >= 0.6 is 11.6 Å². The number of amides is 1. The van der Waals surface area contributed by atoms with Crippen LogP contribution in [0, 0.1) is 0 Å². The summed E-state index contributed by atoms with van der Waals surface area (Å²) < 4.78 is 5.45. The molecule has 23 heavy (non-hydrogen) atoms. The van der Waals surface area contributed by atoms with Crippen LogP contribution in [0.1, 0.15) is 0 Å². The number of hydrogen-bond acceptors (Lipinski definition) is 2. The zero-order valence-corrected chi connectivity index (χ0v) is 13.0. The maximum atomic E-state index is 12.1. The van der Waals surface area contributed by atoms with Gasteiger partial charge in [-0.2, -0.15) is 0 Å². The van der Waals surface area contributed by atoms with Gasteiger partial charge < -0.3 is 4.74 Å². The quantitative estimate of drug-likeness (QED) is 0.679. The lowest BCUT2D eigenvalue weighted by atomic mass is 10.1. The topological polar surface area (TPSA) is 38.3 Å².